The van der Waals surface area contributed by atoms with Gasteiger partial charge in [-0.2, -0.15) is 0 Å². The second-order valence-corrected chi connectivity index (χ2v) is 8.46. The number of fused-ring (bicyclic) bond motifs is 3. The van der Waals surface area contributed by atoms with Gasteiger partial charge in [0, 0.05) is 5.69 Å². The number of carbonyl (C=O) groups excluding carboxylic acids is 1. The van der Waals surface area contributed by atoms with Crippen molar-refractivity contribution in [1.82, 2.24) is 18.7 Å². The number of hydrogen-bond donors (Lipinski definition) is 1. The van der Waals surface area contributed by atoms with Crippen LogP contribution in [0.2, 0.25) is 0 Å². The van der Waals surface area contributed by atoms with Gasteiger partial charge >= 0.3 is 5.69 Å². The van der Waals surface area contributed by atoms with Crippen molar-refractivity contribution in [1.29, 1.82) is 0 Å². The number of nitrogens with one attached hydrogen (secondary N) is 1. The Morgan fingerprint density at radius 1 is 0.971 bits per heavy atom. The molecule has 0 fully saturated rings. The maximum absolute atomic E-state index is 13.4. The summed E-state index contributed by atoms with van der Waals surface area (Å²) in [5.41, 5.74) is 2.94. The fourth-order valence-corrected chi connectivity index (χ4v) is 4.04. The molecule has 8 nitrogen and oxygen atoms in total. The summed E-state index contributed by atoms with van der Waals surface area (Å²) in [6.07, 6.45) is 0. The van der Waals surface area contributed by atoms with Crippen molar-refractivity contribution in [3.05, 3.63) is 110 Å². The largest absolute Gasteiger partial charge is 0.352 e. The van der Waals surface area contributed by atoms with Crippen LogP contribution in [-0.4, -0.2) is 24.7 Å². The Hall–Kier alpha value is -4.53. The normalized spacial score (nSPS) is 11.3. The van der Waals surface area contributed by atoms with E-state index in [4.69, 9.17) is 0 Å². The molecule has 0 aliphatic heterocycles. The smallest absolute Gasteiger partial charge is 0.324 e. The van der Waals surface area contributed by atoms with E-state index in [0.717, 1.165) is 15.8 Å². The number of para-hydroxylation sites is 1. The molecule has 176 valence electrons. The lowest BCUT2D eigenvalue weighted by molar-refractivity contribution is -0.117. The molecular formula is C26H22FN5O3. The summed E-state index contributed by atoms with van der Waals surface area (Å²) in [4.78, 5) is 39.3. The van der Waals surface area contributed by atoms with Gasteiger partial charge in [-0.25, -0.2) is 18.3 Å². The van der Waals surface area contributed by atoms with Crippen LogP contribution in [-0.2, 0) is 17.9 Å². The predicted octanol–water partition coefficient (Wildman–Crippen LogP) is 3.25. The number of aromatic nitrogens is 4. The van der Waals surface area contributed by atoms with E-state index in [1.807, 2.05) is 26.0 Å². The Bertz CT molecular complexity index is 1710. The third-order valence-electron chi connectivity index (χ3n) is 6.02. The summed E-state index contributed by atoms with van der Waals surface area (Å²) in [5.74, 6) is -0.711. The number of hydrogen-bond acceptors (Lipinski definition) is 4. The third-order valence-corrected chi connectivity index (χ3v) is 6.02. The molecule has 0 radical (unpaired) electrons. The van der Waals surface area contributed by atoms with Crippen LogP contribution in [0.4, 0.5) is 10.1 Å². The van der Waals surface area contributed by atoms with Crippen LogP contribution in [0.1, 0.15) is 16.7 Å². The first-order valence-corrected chi connectivity index (χ1v) is 11.0. The second-order valence-electron chi connectivity index (χ2n) is 8.46. The van der Waals surface area contributed by atoms with Gasteiger partial charge in [0.1, 0.15) is 12.4 Å². The molecule has 1 amide bonds. The molecule has 0 spiro atoms. The number of halogens is 1. The topological polar surface area (TPSA) is 90.4 Å². The number of carbonyl (C=O) groups is 1. The first-order valence-electron chi connectivity index (χ1n) is 11.0. The molecular weight excluding hydrogens is 449 g/mol. The summed E-state index contributed by atoms with van der Waals surface area (Å²) in [7, 11) is 0. The number of anilines is 1. The average Bonchev–Trinajstić information content (AvgIpc) is 3.16. The highest BCUT2D eigenvalue weighted by atomic mass is 19.1. The lowest BCUT2D eigenvalue weighted by Crippen LogP contribution is -2.29. The molecule has 0 bridgehead atoms. The van der Waals surface area contributed by atoms with Gasteiger partial charge in [-0.1, -0.05) is 30.3 Å². The fourth-order valence-electron chi connectivity index (χ4n) is 4.04. The summed E-state index contributed by atoms with van der Waals surface area (Å²) >= 11 is 0. The van der Waals surface area contributed by atoms with E-state index in [2.05, 4.69) is 10.4 Å². The first kappa shape index (κ1) is 22.3. The first-order chi connectivity index (χ1) is 16.8. The lowest BCUT2D eigenvalue weighted by Gasteiger charge is -2.09. The molecule has 0 saturated heterocycles. The van der Waals surface area contributed by atoms with Gasteiger partial charge in [0.15, 0.2) is 0 Å². The molecule has 3 aromatic carbocycles. The van der Waals surface area contributed by atoms with Crippen LogP contribution in [0, 0.1) is 19.7 Å². The van der Waals surface area contributed by atoms with Crippen molar-refractivity contribution in [2.45, 2.75) is 26.9 Å². The summed E-state index contributed by atoms with van der Waals surface area (Å²) < 4.78 is 17.1. The summed E-state index contributed by atoms with van der Waals surface area (Å²) in [5, 5.41) is 7.47. The van der Waals surface area contributed by atoms with E-state index in [0.29, 0.717) is 22.2 Å². The monoisotopic (exact) mass is 471 g/mol. The minimum atomic E-state index is -0.542. The second kappa shape index (κ2) is 8.68. The van der Waals surface area contributed by atoms with E-state index in [-0.39, 0.29) is 30.2 Å². The van der Waals surface area contributed by atoms with E-state index < -0.39 is 11.6 Å². The van der Waals surface area contributed by atoms with E-state index in [1.54, 1.807) is 42.5 Å². The van der Waals surface area contributed by atoms with Gasteiger partial charge in [0.05, 0.1) is 17.4 Å². The van der Waals surface area contributed by atoms with Crippen LogP contribution in [0.3, 0.4) is 0 Å². The van der Waals surface area contributed by atoms with Crippen molar-refractivity contribution < 1.29 is 9.18 Å². The maximum atomic E-state index is 13.4. The number of amides is 1. The van der Waals surface area contributed by atoms with E-state index >= 15 is 0 Å². The molecule has 5 aromatic rings. The summed E-state index contributed by atoms with van der Waals surface area (Å²) in [6.45, 7) is 3.68. The molecule has 0 aliphatic carbocycles. The van der Waals surface area contributed by atoms with Crippen LogP contribution in [0.25, 0.3) is 16.7 Å². The van der Waals surface area contributed by atoms with Gasteiger partial charge in [-0.05, 0) is 66.9 Å². The molecule has 2 heterocycles. The average molecular weight is 471 g/mol. The number of benzene rings is 3. The van der Waals surface area contributed by atoms with Crippen molar-refractivity contribution >= 4 is 28.3 Å². The SMILES string of the molecule is Cc1ccc(NC(=O)Cn2nc3n(Cc4ccc(F)cc4)c(=O)c4ccccc4n3c2=O)cc1C. The zero-order valence-corrected chi connectivity index (χ0v) is 19.2. The van der Waals surface area contributed by atoms with Gasteiger partial charge in [-0.15, -0.1) is 5.10 Å². The molecule has 0 atom stereocenters. The quantitative estimate of drug-likeness (QED) is 0.426. The molecule has 35 heavy (non-hydrogen) atoms. The Kier molecular flexibility index (Phi) is 5.52. The minimum Gasteiger partial charge on any atom is -0.324 e. The molecule has 5 rings (SSSR count). The van der Waals surface area contributed by atoms with Crippen molar-refractivity contribution in [3.8, 4) is 0 Å². The Balaban J connectivity index is 1.59. The fraction of sp³-hybridized carbons (Fsp3) is 0.154. The lowest BCUT2D eigenvalue weighted by atomic mass is 10.1. The minimum absolute atomic E-state index is 0.0821. The number of nitrogens with zero attached hydrogens (tertiary/aromatic N) is 4. The highest BCUT2D eigenvalue weighted by Crippen LogP contribution is 2.15. The number of aryl methyl sites for hydroxylation is 2. The van der Waals surface area contributed by atoms with Crippen LogP contribution in [0.15, 0.2) is 76.3 Å². The van der Waals surface area contributed by atoms with Gasteiger partial charge in [0.2, 0.25) is 11.7 Å². The van der Waals surface area contributed by atoms with Gasteiger partial charge in [0.25, 0.3) is 5.56 Å². The van der Waals surface area contributed by atoms with E-state index in [9.17, 15) is 18.8 Å². The zero-order chi connectivity index (χ0) is 24.7. The van der Waals surface area contributed by atoms with Crippen molar-refractivity contribution in [3.63, 3.8) is 0 Å². The Morgan fingerprint density at radius 3 is 2.46 bits per heavy atom. The van der Waals surface area contributed by atoms with Crippen molar-refractivity contribution in [2.24, 2.45) is 0 Å². The highest BCUT2D eigenvalue weighted by Gasteiger charge is 2.19. The van der Waals surface area contributed by atoms with Crippen LogP contribution < -0.4 is 16.6 Å². The van der Waals surface area contributed by atoms with Crippen LogP contribution in [0.5, 0.6) is 0 Å². The standard InChI is InChI=1S/C26H22FN5O3/c1-16-7-12-20(13-17(16)2)28-23(33)15-31-26(35)32-22-6-4-3-5-21(22)24(34)30(25(32)29-31)14-18-8-10-19(27)11-9-18/h3-13H,14-15H2,1-2H3,(H,28,33). The third kappa shape index (κ3) is 4.12. The van der Waals surface area contributed by atoms with Crippen molar-refractivity contribution in [2.75, 3.05) is 5.32 Å². The van der Waals surface area contributed by atoms with E-state index in [1.165, 1.54) is 21.1 Å². The zero-order valence-electron chi connectivity index (χ0n) is 19.2. The van der Waals surface area contributed by atoms with Crippen LogP contribution >= 0.6 is 0 Å². The predicted molar refractivity (Wildman–Crippen MR) is 131 cm³/mol. The maximum Gasteiger partial charge on any atom is 0.352 e. The molecule has 9 heteroatoms. The van der Waals surface area contributed by atoms with Gasteiger partial charge < -0.3 is 5.32 Å². The molecule has 0 saturated carbocycles. The summed E-state index contributed by atoms with van der Waals surface area (Å²) in [6, 6.07) is 18.0. The molecule has 2 aromatic heterocycles. The Morgan fingerprint density at radius 2 is 1.71 bits per heavy atom. The molecule has 0 unspecified atom stereocenters. The van der Waals surface area contributed by atoms with Gasteiger partial charge in [-0.3, -0.25) is 14.2 Å². The molecule has 1 N–H and O–H groups in total. The molecule has 0 aliphatic rings. The Labute approximate surface area is 198 Å². The number of rotatable bonds is 5. The highest BCUT2D eigenvalue weighted by molar-refractivity contribution is 5.90.